The number of alkyl halides is 2. The number of halogens is 2. The van der Waals surface area contributed by atoms with Crippen molar-refractivity contribution >= 4 is 34.6 Å². The van der Waals surface area contributed by atoms with E-state index >= 15 is 0 Å². The molecule has 1 amide bonds. The van der Waals surface area contributed by atoms with Crippen molar-refractivity contribution in [3.8, 4) is 11.5 Å². The highest BCUT2D eigenvalue weighted by molar-refractivity contribution is 8.14. The molecular formula is C21H18F2N2O3S. The van der Waals surface area contributed by atoms with E-state index in [1.54, 1.807) is 31.4 Å². The fourth-order valence-electron chi connectivity index (χ4n) is 2.59. The first-order valence-corrected chi connectivity index (χ1v) is 9.58. The summed E-state index contributed by atoms with van der Waals surface area (Å²) in [5.41, 5.74) is 1.58. The highest BCUT2D eigenvalue weighted by atomic mass is 32.2. The van der Waals surface area contributed by atoms with E-state index in [0.29, 0.717) is 22.4 Å². The average molecular weight is 416 g/mol. The summed E-state index contributed by atoms with van der Waals surface area (Å²) in [5.74, 6) is 0.977. The molecule has 0 saturated heterocycles. The quantitative estimate of drug-likeness (QED) is 0.473. The maximum atomic E-state index is 13.0. The molecule has 0 N–H and O–H groups in total. The Morgan fingerprint density at radius 3 is 2.38 bits per heavy atom. The van der Waals surface area contributed by atoms with Crippen LogP contribution in [0.15, 0.2) is 71.9 Å². The smallest absolute Gasteiger partial charge is 0.387 e. The highest BCUT2D eigenvalue weighted by Crippen LogP contribution is 2.31. The number of amides is 1. The first-order valence-electron chi connectivity index (χ1n) is 8.59. The number of thioether (sulfide) groups is 1. The molecule has 150 valence electrons. The summed E-state index contributed by atoms with van der Waals surface area (Å²) in [7, 11) is 1.58. The Balaban J connectivity index is 1.89. The lowest BCUT2D eigenvalue weighted by Gasteiger charge is -2.18. The Hall–Kier alpha value is -3.13. The number of methoxy groups -OCH3 is 1. The van der Waals surface area contributed by atoms with Crippen LogP contribution in [-0.4, -0.2) is 30.5 Å². The van der Waals surface area contributed by atoms with Gasteiger partial charge in [0.15, 0.2) is 5.17 Å². The number of amidine groups is 1. The van der Waals surface area contributed by atoms with Crippen LogP contribution in [0, 0.1) is 0 Å². The van der Waals surface area contributed by atoms with Gasteiger partial charge in [-0.05, 0) is 48.0 Å². The molecule has 0 unspecified atom stereocenters. The number of hydrogen-bond donors (Lipinski definition) is 0. The molecule has 5 nitrogen and oxygen atoms in total. The van der Waals surface area contributed by atoms with Gasteiger partial charge in [-0.25, -0.2) is 4.99 Å². The highest BCUT2D eigenvalue weighted by Gasteiger charge is 2.31. The van der Waals surface area contributed by atoms with Crippen LogP contribution in [0.25, 0.3) is 6.08 Å². The van der Waals surface area contributed by atoms with E-state index in [1.165, 1.54) is 40.9 Å². The Kier molecular flexibility index (Phi) is 6.66. The number of rotatable bonds is 7. The van der Waals surface area contributed by atoms with Gasteiger partial charge in [0.05, 0.1) is 12.8 Å². The first kappa shape index (κ1) is 20.6. The Morgan fingerprint density at radius 2 is 1.79 bits per heavy atom. The SMILES string of the molecule is C=CCSC1=NC(=Cc2ccc(OC)cc2)C(=O)N1c1ccc(OC(F)F)cc1. The lowest BCUT2D eigenvalue weighted by atomic mass is 10.2. The van der Waals surface area contributed by atoms with Gasteiger partial charge in [-0.3, -0.25) is 9.69 Å². The van der Waals surface area contributed by atoms with Crippen LogP contribution in [-0.2, 0) is 4.79 Å². The molecule has 0 saturated carbocycles. The fraction of sp³-hybridized carbons (Fsp3) is 0.143. The molecule has 0 fully saturated rings. The number of ether oxygens (including phenoxy) is 2. The maximum Gasteiger partial charge on any atom is 0.387 e. The molecule has 0 atom stereocenters. The number of benzene rings is 2. The van der Waals surface area contributed by atoms with Crippen LogP contribution >= 0.6 is 11.8 Å². The molecule has 2 aromatic rings. The van der Waals surface area contributed by atoms with E-state index in [1.807, 2.05) is 12.1 Å². The normalized spacial score (nSPS) is 15.0. The first-order chi connectivity index (χ1) is 14.0. The number of anilines is 1. The summed E-state index contributed by atoms with van der Waals surface area (Å²) in [6.45, 7) is 0.779. The van der Waals surface area contributed by atoms with E-state index in [-0.39, 0.29) is 17.4 Å². The van der Waals surface area contributed by atoms with Gasteiger partial charge in [0, 0.05) is 5.75 Å². The predicted octanol–water partition coefficient (Wildman–Crippen LogP) is 4.96. The molecule has 0 aromatic heterocycles. The van der Waals surface area contributed by atoms with Gasteiger partial charge in [0.1, 0.15) is 17.2 Å². The zero-order valence-electron chi connectivity index (χ0n) is 15.5. The monoisotopic (exact) mass is 416 g/mol. The molecule has 1 heterocycles. The fourth-order valence-corrected chi connectivity index (χ4v) is 3.34. The van der Waals surface area contributed by atoms with Gasteiger partial charge < -0.3 is 9.47 Å². The number of hydrogen-bond acceptors (Lipinski definition) is 5. The van der Waals surface area contributed by atoms with Crippen molar-refractivity contribution < 1.29 is 23.0 Å². The summed E-state index contributed by atoms with van der Waals surface area (Å²) >= 11 is 1.35. The van der Waals surface area contributed by atoms with Crippen LogP contribution < -0.4 is 14.4 Å². The van der Waals surface area contributed by atoms with E-state index in [4.69, 9.17) is 4.74 Å². The molecule has 1 aliphatic heterocycles. The molecule has 8 heteroatoms. The third kappa shape index (κ3) is 5.03. The number of carbonyl (C=O) groups is 1. The second kappa shape index (κ2) is 9.38. The van der Waals surface area contributed by atoms with Gasteiger partial charge in [-0.1, -0.05) is 30.0 Å². The van der Waals surface area contributed by atoms with Crippen molar-refractivity contribution in [3.63, 3.8) is 0 Å². The van der Waals surface area contributed by atoms with Crippen LogP contribution in [0.3, 0.4) is 0 Å². The van der Waals surface area contributed by atoms with E-state index in [2.05, 4.69) is 16.3 Å². The molecule has 1 aliphatic rings. The number of aliphatic imine (C=N–C) groups is 1. The third-order valence-corrected chi connectivity index (χ3v) is 4.83. The van der Waals surface area contributed by atoms with E-state index < -0.39 is 6.61 Å². The Labute approximate surface area is 171 Å². The summed E-state index contributed by atoms with van der Waals surface area (Å²) < 4.78 is 34.2. The summed E-state index contributed by atoms with van der Waals surface area (Å²) in [5, 5.41) is 0.484. The summed E-state index contributed by atoms with van der Waals surface area (Å²) in [4.78, 5) is 18.9. The lowest BCUT2D eigenvalue weighted by Crippen LogP contribution is -2.30. The predicted molar refractivity (Wildman–Crippen MR) is 112 cm³/mol. The van der Waals surface area contributed by atoms with Crippen molar-refractivity contribution in [3.05, 3.63) is 72.4 Å². The minimum atomic E-state index is -2.91. The van der Waals surface area contributed by atoms with Crippen molar-refractivity contribution in [2.75, 3.05) is 17.8 Å². The third-order valence-electron chi connectivity index (χ3n) is 3.90. The van der Waals surface area contributed by atoms with E-state index in [9.17, 15) is 13.6 Å². The second-order valence-corrected chi connectivity index (χ2v) is 6.80. The van der Waals surface area contributed by atoms with Gasteiger partial charge >= 0.3 is 6.61 Å². The minimum absolute atomic E-state index is 0.0154. The van der Waals surface area contributed by atoms with Crippen LogP contribution in [0.1, 0.15) is 5.56 Å². The van der Waals surface area contributed by atoms with Crippen molar-refractivity contribution in [2.24, 2.45) is 4.99 Å². The molecule has 0 aliphatic carbocycles. The summed E-state index contributed by atoms with van der Waals surface area (Å²) in [6, 6.07) is 13.1. The van der Waals surface area contributed by atoms with Crippen LogP contribution in [0.5, 0.6) is 11.5 Å². The Morgan fingerprint density at radius 1 is 1.14 bits per heavy atom. The van der Waals surface area contributed by atoms with Crippen molar-refractivity contribution in [1.82, 2.24) is 0 Å². The molecule has 2 aromatic carbocycles. The maximum absolute atomic E-state index is 13.0. The Bertz CT molecular complexity index is 941. The molecule has 29 heavy (non-hydrogen) atoms. The average Bonchev–Trinajstić information content (AvgIpc) is 3.02. The summed E-state index contributed by atoms with van der Waals surface area (Å²) in [6.07, 6.45) is 3.39. The van der Waals surface area contributed by atoms with Gasteiger partial charge in [0.25, 0.3) is 5.91 Å². The standard InChI is InChI=1S/C21H18F2N2O3S/c1-3-12-29-21-24-18(13-14-4-8-16(27-2)9-5-14)19(26)25(21)15-6-10-17(11-7-15)28-20(22)23/h3-11,13,20H,1,12H2,2H3. The molecular weight excluding hydrogens is 398 g/mol. The topological polar surface area (TPSA) is 51.1 Å². The largest absolute Gasteiger partial charge is 0.497 e. The van der Waals surface area contributed by atoms with Gasteiger partial charge in [0.2, 0.25) is 0 Å². The second-order valence-electron chi connectivity index (χ2n) is 5.81. The van der Waals surface area contributed by atoms with Crippen LogP contribution in [0.2, 0.25) is 0 Å². The van der Waals surface area contributed by atoms with Gasteiger partial charge in [-0.2, -0.15) is 8.78 Å². The van der Waals surface area contributed by atoms with E-state index in [0.717, 1.165) is 5.56 Å². The zero-order valence-corrected chi connectivity index (χ0v) is 16.4. The minimum Gasteiger partial charge on any atom is -0.497 e. The van der Waals surface area contributed by atoms with Gasteiger partial charge in [-0.15, -0.1) is 6.58 Å². The van der Waals surface area contributed by atoms with Crippen LogP contribution in [0.4, 0.5) is 14.5 Å². The lowest BCUT2D eigenvalue weighted by molar-refractivity contribution is -0.113. The number of carbonyl (C=O) groups excluding carboxylic acids is 1. The molecule has 0 radical (unpaired) electrons. The molecule has 0 spiro atoms. The zero-order chi connectivity index (χ0) is 20.8. The van der Waals surface area contributed by atoms with Crippen molar-refractivity contribution in [2.45, 2.75) is 6.61 Å². The number of nitrogens with zero attached hydrogens (tertiary/aromatic N) is 2. The van der Waals surface area contributed by atoms with Crippen molar-refractivity contribution in [1.29, 1.82) is 0 Å². The molecule has 3 rings (SSSR count). The molecule has 0 bridgehead atoms.